The van der Waals surface area contributed by atoms with Gasteiger partial charge in [0.25, 0.3) is 5.91 Å². The molecule has 2 atom stereocenters. The topological polar surface area (TPSA) is 96.3 Å². The van der Waals surface area contributed by atoms with Gasteiger partial charge in [-0.15, -0.1) is 0 Å². The van der Waals surface area contributed by atoms with Gasteiger partial charge in [0.2, 0.25) is 11.8 Å². The Kier molecular flexibility index (Phi) is 4.37. The van der Waals surface area contributed by atoms with Gasteiger partial charge in [-0.1, -0.05) is 6.07 Å². The predicted molar refractivity (Wildman–Crippen MR) is 96.9 cm³/mol. The number of benzene rings is 1. The first-order valence-electron chi connectivity index (χ1n) is 8.66. The SMILES string of the molecule is CCOC(=O)C1=NN(C(C)=O)C2(C)C(=O)N(c3cc(C)cc(C)c3)C(=O)C12. The number of hydrazone groups is 1. The molecular formula is C19H21N3O5. The molecule has 1 aromatic carbocycles. The normalized spacial score (nSPS) is 24.2. The number of imide groups is 1. The van der Waals surface area contributed by atoms with Gasteiger partial charge in [-0.05, 0) is 51.0 Å². The number of ether oxygens (including phenoxy) is 1. The lowest BCUT2D eigenvalue weighted by molar-refractivity contribution is -0.142. The first kappa shape index (κ1) is 18.8. The number of fused-ring (bicyclic) bond motifs is 1. The second-order valence-electron chi connectivity index (χ2n) is 6.94. The molecule has 0 radical (unpaired) electrons. The van der Waals surface area contributed by atoms with Crippen LogP contribution >= 0.6 is 0 Å². The first-order valence-corrected chi connectivity index (χ1v) is 8.66. The molecule has 2 unspecified atom stereocenters. The van der Waals surface area contributed by atoms with E-state index in [1.165, 1.54) is 13.8 Å². The highest BCUT2D eigenvalue weighted by molar-refractivity contribution is 6.47. The quantitative estimate of drug-likeness (QED) is 0.590. The van der Waals surface area contributed by atoms with E-state index in [1.54, 1.807) is 19.1 Å². The van der Waals surface area contributed by atoms with Crippen molar-refractivity contribution in [1.29, 1.82) is 0 Å². The zero-order valence-electron chi connectivity index (χ0n) is 15.9. The molecule has 0 N–H and O–H groups in total. The third-order valence-corrected chi connectivity index (χ3v) is 4.83. The van der Waals surface area contributed by atoms with Crippen molar-refractivity contribution >= 4 is 35.1 Å². The number of anilines is 1. The number of aryl methyl sites for hydroxylation is 2. The van der Waals surface area contributed by atoms with Gasteiger partial charge in [0, 0.05) is 6.92 Å². The highest BCUT2D eigenvalue weighted by atomic mass is 16.5. The monoisotopic (exact) mass is 371 g/mol. The van der Waals surface area contributed by atoms with E-state index >= 15 is 0 Å². The van der Waals surface area contributed by atoms with Crippen LogP contribution in [0.15, 0.2) is 23.3 Å². The second kappa shape index (κ2) is 6.29. The third-order valence-electron chi connectivity index (χ3n) is 4.83. The molecule has 0 saturated carbocycles. The Hall–Kier alpha value is -3.03. The molecule has 1 saturated heterocycles. The lowest BCUT2D eigenvalue weighted by atomic mass is 9.85. The van der Waals surface area contributed by atoms with Gasteiger partial charge >= 0.3 is 5.97 Å². The predicted octanol–water partition coefficient (Wildman–Crippen LogP) is 1.33. The Labute approximate surface area is 156 Å². The first-order chi connectivity index (χ1) is 12.6. The Morgan fingerprint density at radius 2 is 1.78 bits per heavy atom. The van der Waals surface area contributed by atoms with Crippen molar-refractivity contribution in [3.8, 4) is 0 Å². The average molecular weight is 371 g/mol. The molecule has 2 aliphatic heterocycles. The van der Waals surface area contributed by atoms with Crippen molar-refractivity contribution in [1.82, 2.24) is 5.01 Å². The summed E-state index contributed by atoms with van der Waals surface area (Å²) in [6.45, 7) is 8.12. The average Bonchev–Trinajstić information content (AvgIpc) is 2.97. The summed E-state index contributed by atoms with van der Waals surface area (Å²) in [5.74, 6) is -3.73. The van der Waals surface area contributed by atoms with Gasteiger partial charge in [0.05, 0.1) is 12.3 Å². The van der Waals surface area contributed by atoms with Gasteiger partial charge < -0.3 is 4.74 Å². The lowest BCUT2D eigenvalue weighted by Crippen LogP contribution is -2.52. The van der Waals surface area contributed by atoms with Gasteiger partial charge in [-0.3, -0.25) is 14.4 Å². The van der Waals surface area contributed by atoms with Gasteiger partial charge in [0.15, 0.2) is 11.3 Å². The minimum atomic E-state index is -1.59. The van der Waals surface area contributed by atoms with Crippen LogP contribution in [0.2, 0.25) is 0 Å². The maximum atomic E-state index is 13.3. The van der Waals surface area contributed by atoms with Crippen molar-refractivity contribution in [3.63, 3.8) is 0 Å². The van der Waals surface area contributed by atoms with Crippen LogP contribution in [0.3, 0.4) is 0 Å². The molecule has 3 amide bonds. The third kappa shape index (κ3) is 2.63. The van der Waals surface area contributed by atoms with Crippen LogP contribution in [0.1, 0.15) is 31.9 Å². The number of hydrogen-bond donors (Lipinski definition) is 0. The summed E-state index contributed by atoms with van der Waals surface area (Å²) in [5, 5.41) is 4.91. The highest BCUT2D eigenvalue weighted by Crippen LogP contribution is 2.43. The molecule has 0 bridgehead atoms. The second-order valence-corrected chi connectivity index (χ2v) is 6.94. The Morgan fingerprint density at radius 3 is 2.30 bits per heavy atom. The van der Waals surface area contributed by atoms with E-state index in [4.69, 9.17) is 4.74 Å². The molecule has 2 heterocycles. The number of nitrogens with zero attached hydrogens (tertiary/aromatic N) is 3. The number of carbonyl (C=O) groups excluding carboxylic acids is 4. The van der Waals surface area contributed by atoms with Crippen molar-refractivity contribution < 1.29 is 23.9 Å². The molecule has 27 heavy (non-hydrogen) atoms. The van der Waals surface area contributed by atoms with Crippen LogP contribution in [-0.4, -0.2) is 46.6 Å². The largest absolute Gasteiger partial charge is 0.461 e. The molecule has 1 fully saturated rings. The van der Waals surface area contributed by atoms with E-state index in [1.807, 2.05) is 19.9 Å². The van der Waals surface area contributed by atoms with Crippen LogP contribution in [0.5, 0.6) is 0 Å². The smallest absolute Gasteiger partial charge is 0.355 e. The maximum absolute atomic E-state index is 13.3. The van der Waals surface area contributed by atoms with E-state index < -0.39 is 35.1 Å². The van der Waals surface area contributed by atoms with E-state index in [0.29, 0.717) is 5.69 Å². The fourth-order valence-electron chi connectivity index (χ4n) is 3.77. The Bertz CT molecular complexity index is 886. The molecule has 0 aliphatic carbocycles. The Morgan fingerprint density at radius 1 is 1.19 bits per heavy atom. The summed E-state index contributed by atoms with van der Waals surface area (Å²) in [6, 6.07) is 5.35. The van der Waals surface area contributed by atoms with Crippen LogP contribution in [0, 0.1) is 19.8 Å². The number of esters is 1. The molecule has 3 rings (SSSR count). The summed E-state index contributed by atoms with van der Waals surface area (Å²) in [6.07, 6.45) is 0. The molecule has 1 aromatic rings. The van der Waals surface area contributed by atoms with Crippen molar-refractivity contribution in [2.24, 2.45) is 11.0 Å². The van der Waals surface area contributed by atoms with Crippen LogP contribution in [0.4, 0.5) is 5.69 Å². The van der Waals surface area contributed by atoms with E-state index in [9.17, 15) is 19.2 Å². The van der Waals surface area contributed by atoms with Crippen molar-refractivity contribution in [3.05, 3.63) is 29.3 Å². The molecule has 8 heteroatoms. The van der Waals surface area contributed by atoms with Crippen molar-refractivity contribution in [2.75, 3.05) is 11.5 Å². The fraction of sp³-hybridized carbons (Fsp3) is 0.421. The summed E-state index contributed by atoms with van der Waals surface area (Å²) < 4.78 is 4.98. The number of carbonyl (C=O) groups is 4. The van der Waals surface area contributed by atoms with Crippen LogP contribution in [-0.2, 0) is 23.9 Å². The molecule has 0 aromatic heterocycles. The minimum absolute atomic E-state index is 0.0876. The van der Waals surface area contributed by atoms with Crippen LogP contribution in [0.25, 0.3) is 0 Å². The number of hydrogen-bond acceptors (Lipinski definition) is 6. The zero-order chi connectivity index (χ0) is 20.1. The summed E-state index contributed by atoms with van der Waals surface area (Å²) in [7, 11) is 0. The van der Waals surface area contributed by atoms with Crippen LogP contribution < -0.4 is 4.90 Å². The molecule has 2 aliphatic rings. The molecule has 142 valence electrons. The van der Waals surface area contributed by atoms with E-state index in [-0.39, 0.29) is 12.3 Å². The van der Waals surface area contributed by atoms with Gasteiger partial charge in [-0.2, -0.15) is 5.10 Å². The molecule has 0 spiro atoms. The molecular weight excluding hydrogens is 350 g/mol. The highest BCUT2D eigenvalue weighted by Gasteiger charge is 2.67. The summed E-state index contributed by atoms with van der Waals surface area (Å²) >= 11 is 0. The number of rotatable bonds is 3. The van der Waals surface area contributed by atoms with Gasteiger partial charge in [-0.25, -0.2) is 14.7 Å². The Balaban J connectivity index is 2.14. The standard InChI is InChI=1S/C19H21N3O5/c1-6-27-17(25)15-14-16(24)21(13-8-10(2)7-11(3)9-13)18(26)19(14,5)22(20-15)12(4)23/h7-9,14H,6H2,1-5H3. The van der Waals surface area contributed by atoms with E-state index in [0.717, 1.165) is 21.0 Å². The molecule has 8 nitrogen and oxygen atoms in total. The maximum Gasteiger partial charge on any atom is 0.355 e. The summed E-state index contributed by atoms with van der Waals surface area (Å²) in [4.78, 5) is 51.9. The van der Waals surface area contributed by atoms with E-state index in [2.05, 4.69) is 5.10 Å². The zero-order valence-corrected chi connectivity index (χ0v) is 15.9. The summed E-state index contributed by atoms with van der Waals surface area (Å²) in [5.41, 5.74) is 0.360. The lowest BCUT2D eigenvalue weighted by Gasteiger charge is -2.28. The van der Waals surface area contributed by atoms with Crippen molar-refractivity contribution in [2.45, 2.75) is 40.2 Å². The minimum Gasteiger partial charge on any atom is -0.461 e. The van der Waals surface area contributed by atoms with Gasteiger partial charge in [0.1, 0.15) is 5.92 Å². The fourth-order valence-corrected chi connectivity index (χ4v) is 3.77. The number of amides is 3.